The molecule has 0 N–H and O–H groups in total. The zero-order valence-electron chi connectivity index (χ0n) is 44.6. The molecule has 0 spiro atoms. The van der Waals surface area contributed by atoms with Gasteiger partial charge in [-0.1, -0.05) is 193 Å². The normalized spacial score (nSPS) is 11.7. The van der Waals surface area contributed by atoms with E-state index in [1.54, 1.807) is 0 Å². The van der Waals surface area contributed by atoms with Gasteiger partial charge in [0.2, 0.25) is 5.41 Å². The first-order chi connectivity index (χ1) is 38.5. The van der Waals surface area contributed by atoms with Crippen LogP contribution in [0, 0.1) is 27.7 Å². The number of hydrogen-bond acceptors (Lipinski definition) is 3. The minimum atomic E-state index is -5.76. The van der Waals surface area contributed by atoms with Crippen LogP contribution in [0.25, 0.3) is 27.6 Å². The van der Waals surface area contributed by atoms with Crippen LogP contribution >= 0.6 is 0 Å². The number of aryl methyl sites for hydroxylation is 4. The molecule has 0 atom stereocenters. The van der Waals surface area contributed by atoms with E-state index in [0.717, 1.165) is 90.9 Å². The summed E-state index contributed by atoms with van der Waals surface area (Å²) in [5, 5.41) is 3.60. The van der Waals surface area contributed by atoms with Crippen LogP contribution in [0.2, 0.25) is 0 Å². The molecule has 0 radical (unpaired) electrons. The summed E-state index contributed by atoms with van der Waals surface area (Å²) in [6, 6.07) is 76.7. The fourth-order valence-corrected chi connectivity index (χ4v) is 10.4. The van der Waals surface area contributed by atoms with Crippen molar-refractivity contribution in [2.45, 2.75) is 45.5 Å². The highest BCUT2D eigenvalue weighted by molar-refractivity contribution is 6.00. The van der Waals surface area contributed by atoms with Crippen LogP contribution in [-0.4, -0.2) is 12.4 Å². The highest BCUT2D eigenvalue weighted by atomic mass is 19.4. The molecule has 3 nitrogen and oxygen atoms in total. The lowest BCUT2D eigenvalue weighted by Gasteiger charge is -2.39. The van der Waals surface area contributed by atoms with Crippen LogP contribution in [0.15, 0.2) is 261 Å². The minimum Gasteiger partial charge on any atom is -0.310 e. The Balaban J connectivity index is 0.000000261. The van der Waals surface area contributed by atoms with Crippen LogP contribution in [0.4, 0.5) is 77.5 Å². The van der Waals surface area contributed by atoms with Gasteiger partial charge in [0.05, 0.1) is 11.4 Å². The Morgan fingerprint density at radius 1 is 0.312 bits per heavy atom. The maximum Gasteiger partial charge on any atom is 0.411 e. The maximum absolute atomic E-state index is 15.5. The van der Waals surface area contributed by atoms with Crippen molar-refractivity contribution < 1.29 is 26.3 Å². The molecule has 0 fully saturated rings. The van der Waals surface area contributed by atoms with E-state index in [1.165, 1.54) is 35.4 Å². The number of anilines is 9. The molecule has 11 rings (SSSR count). The molecule has 11 aromatic carbocycles. The van der Waals surface area contributed by atoms with Crippen molar-refractivity contribution in [1.29, 1.82) is 0 Å². The Morgan fingerprint density at radius 3 is 0.950 bits per heavy atom. The molecule has 0 bridgehead atoms. The average molecular weight is 1070 g/mol. The summed E-state index contributed by atoms with van der Waals surface area (Å²) in [4.78, 5) is 5.96. The molecule has 9 heteroatoms. The monoisotopic (exact) mass is 1070 g/mol. The summed E-state index contributed by atoms with van der Waals surface area (Å²) in [5.74, 6) is 0. The summed E-state index contributed by atoms with van der Waals surface area (Å²) in [6.45, 7) is 12.0. The van der Waals surface area contributed by atoms with Crippen molar-refractivity contribution in [3.05, 3.63) is 300 Å². The third-order valence-electron chi connectivity index (χ3n) is 14.5. The van der Waals surface area contributed by atoms with Crippen LogP contribution in [-0.2, 0) is 5.41 Å². The summed E-state index contributed by atoms with van der Waals surface area (Å²) in [7, 11) is 0. The zero-order chi connectivity index (χ0) is 56.2. The van der Waals surface area contributed by atoms with Gasteiger partial charge in [-0.15, -0.1) is 0 Å². The molecule has 398 valence electrons. The number of benzene rings is 11. The van der Waals surface area contributed by atoms with E-state index >= 15 is 26.3 Å². The molecule has 0 heterocycles. The lowest BCUT2D eigenvalue weighted by molar-refractivity contribution is -0.288. The second-order valence-electron chi connectivity index (χ2n) is 20.0. The number of hydrogen-bond donors (Lipinski definition) is 0. The Kier molecular flexibility index (Phi) is 15.2. The van der Waals surface area contributed by atoms with E-state index in [9.17, 15) is 0 Å². The Bertz CT molecular complexity index is 3660. The van der Waals surface area contributed by atoms with Crippen LogP contribution in [0.3, 0.4) is 0 Å². The Hall–Kier alpha value is -9.34. The van der Waals surface area contributed by atoms with E-state index in [1.807, 2.05) is 163 Å². The Labute approximate surface area is 463 Å². The summed E-state index contributed by atoms with van der Waals surface area (Å²) >= 11 is 0. The molecule has 11 aromatic rings. The fourth-order valence-electron chi connectivity index (χ4n) is 10.4. The second kappa shape index (κ2) is 22.6. The van der Waals surface area contributed by atoms with Crippen molar-refractivity contribution in [3.63, 3.8) is 0 Å². The van der Waals surface area contributed by atoms with Gasteiger partial charge in [-0.2, -0.15) is 26.3 Å². The number of alkyl halides is 6. The lowest BCUT2D eigenvalue weighted by atomic mass is 9.72. The molecule has 80 heavy (non-hydrogen) atoms. The van der Waals surface area contributed by atoms with Gasteiger partial charge in [0.25, 0.3) is 0 Å². The van der Waals surface area contributed by atoms with Gasteiger partial charge in [-0.25, -0.2) is 0 Å². The van der Waals surface area contributed by atoms with Crippen LogP contribution in [0.5, 0.6) is 0 Å². The molecular formula is C71H57F6N3. The standard InChI is InChI=1S/C49H36F6N2.C22H21N/c1-33-17-25-39(26-18-33)56(45-15-7-11-35-9-3-5-13-43(35)45)41-29-21-37(22-30-41)47(48(50,51)52,49(53,54)55)38-23-31-42(32-24-38)57(40-27-19-34(2)20-28-40)46-16-8-12-36-10-4-6-14-44(36)46;1-4-19-6-5-7-22(16-19)23(20-12-8-17(2)9-13-20)21-14-10-18(3)11-15-21/h3-32H,1-2H3;4-16H,1H2,2-3H3. The van der Waals surface area contributed by atoms with Gasteiger partial charge in [0.15, 0.2) is 0 Å². The molecule has 0 saturated carbocycles. The molecule has 0 aliphatic carbocycles. The summed E-state index contributed by atoms with van der Waals surface area (Å²) < 4.78 is 93.0. The van der Waals surface area contributed by atoms with Gasteiger partial charge in [0, 0.05) is 50.6 Å². The first kappa shape index (κ1) is 54.0. The first-order valence-electron chi connectivity index (χ1n) is 26.2. The molecule has 0 unspecified atom stereocenters. The molecule has 0 aliphatic heterocycles. The van der Waals surface area contributed by atoms with Crippen molar-refractivity contribution in [2.75, 3.05) is 14.7 Å². The van der Waals surface area contributed by atoms with Gasteiger partial charge in [-0.3, -0.25) is 0 Å². The van der Waals surface area contributed by atoms with Crippen LogP contribution in [0.1, 0.15) is 38.9 Å². The largest absolute Gasteiger partial charge is 0.411 e. The minimum absolute atomic E-state index is 0.399. The van der Waals surface area contributed by atoms with E-state index < -0.39 is 28.9 Å². The number of rotatable bonds is 12. The van der Waals surface area contributed by atoms with Crippen molar-refractivity contribution in [2.24, 2.45) is 0 Å². The van der Waals surface area contributed by atoms with Gasteiger partial charge < -0.3 is 14.7 Å². The predicted molar refractivity (Wildman–Crippen MR) is 320 cm³/mol. The van der Waals surface area contributed by atoms with E-state index in [-0.39, 0.29) is 0 Å². The maximum atomic E-state index is 15.5. The van der Waals surface area contributed by atoms with Gasteiger partial charge >= 0.3 is 12.4 Å². The summed E-state index contributed by atoms with van der Waals surface area (Å²) in [6.07, 6.45) is -9.63. The number of fused-ring (bicyclic) bond motifs is 2. The van der Waals surface area contributed by atoms with Crippen molar-refractivity contribution >= 4 is 78.8 Å². The average Bonchev–Trinajstić information content (AvgIpc) is 3.64. The van der Waals surface area contributed by atoms with Crippen molar-refractivity contribution in [1.82, 2.24) is 0 Å². The molecule has 0 amide bonds. The Morgan fingerprint density at radius 2 is 0.613 bits per heavy atom. The molecule has 0 saturated heterocycles. The van der Waals surface area contributed by atoms with Gasteiger partial charge in [0.1, 0.15) is 0 Å². The highest BCUT2D eigenvalue weighted by Crippen LogP contribution is 2.57. The first-order valence-corrected chi connectivity index (χ1v) is 26.2. The van der Waals surface area contributed by atoms with E-state index in [2.05, 4.69) is 98.1 Å². The fraction of sp³-hybridized carbons (Fsp3) is 0.0986. The zero-order valence-corrected chi connectivity index (χ0v) is 44.6. The third-order valence-corrected chi connectivity index (χ3v) is 14.5. The second-order valence-corrected chi connectivity index (χ2v) is 20.0. The molecular weight excluding hydrogens is 1010 g/mol. The SMILES string of the molecule is C=Cc1cccc(N(c2ccc(C)cc2)c2ccc(C)cc2)c1.Cc1ccc(N(c2ccc(C(c3ccc(N(c4ccc(C)cc4)c4cccc5ccccc45)cc3)(C(F)(F)F)C(F)(F)F)cc2)c2cccc3ccccc23)cc1. The van der Waals surface area contributed by atoms with E-state index in [4.69, 9.17) is 0 Å². The quantitative estimate of drug-likeness (QED) is 0.113. The van der Waals surface area contributed by atoms with Gasteiger partial charge in [-0.05, 0) is 152 Å². The highest BCUT2D eigenvalue weighted by Gasteiger charge is 2.72. The predicted octanol–water partition coefficient (Wildman–Crippen LogP) is 21.4. The summed E-state index contributed by atoms with van der Waals surface area (Å²) in [5.41, 5.74) is 6.50. The molecule has 0 aromatic heterocycles. The van der Waals surface area contributed by atoms with E-state index in [0.29, 0.717) is 22.7 Å². The lowest BCUT2D eigenvalue weighted by Crippen LogP contribution is -2.54. The number of nitrogens with zero attached hydrogens (tertiary/aromatic N) is 3. The smallest absolute Gasteiger partial charge is 0.310 e. The number of halogens is 6. The topological polar surface area (TPSA) is 9.72 Å². The molecule has 0 aliphatic rings. The third kappa shape index (κ3) is 10.8. The van der Waals surface area contributed by atoms with Crippen molar-refractivity contribution in [3.8, 4) is 0 Å². The van der Waals surface area contributed by atoms with Crippen LogP contribution < -0.4 is 14.7 Å².